The van der Waals surface area contributed by atoms with Crippen LogP contribution in [0.4, 0.5) is 4.39 Å². The van der Waals surface area contributed by atoms with Crippen LogP contribution < -0.4 is 10.1 Å². The molecule has 2 rings (SSSR count). The van der Waals surface area contributed by atoms with Crippen molar-refractivity contribution in [2.24, 2.45) is 10.2 Å². The van der Waals surface area contributed by atoms with Crippen LogP contribution in [-0.2, 0) is 4.79 Å². The number of nitrogens with zero attached hydrogens (tertiary/aromatic N) is 2. The van der Waals surface area contributed by atoms with Crippen molar-refractivity contribution in [1.29, 1.82) is 0 Å². The molecule has 1 fully saturated rings. The van der Waals surface area contributed by atoms with Crippen LogP contribution >= 0.6 is 27.7 Å². The summed E-state index contributed by atoms with van der Waals surface area (Å²) in [4.78, 5) is 10.9. The van der Waals surface area contributed by atoms with Gasteiger partial charge in [0.1, 0.15) is 0 Å². The van der Waals surface area contributed by atoms with Gasteiger partial charge in [-0.2, -0.15) is 5.10 Å². The summed E-state index contributed by atoms with van der Waals surface area (Å²) in [5.41, 5.74) is 0.452. The van der Waals surface area contributed by atoms with E-state index in [0.717, 1.165) is 0 Å². The lowest BCUT2D eigenvalue weighted by Gasteiger charge is -2.05. The first-order chi connectivity index (χ1) is 9.10. The molecule has 1 saturated heterocycles. The number of amides is 1. The van der Waals surface area contributed by atoms with Gasteiger partial charge in [-0.1, -0.05) is 27.7 Å². The van der Waals surface area contributed by atoms with E-state index < -0.39 is 5.82 Å². The van der Waals surface area contributed by atoms with Gasteiger partial charge in [0.15, 0.2) is 16.7 Å². The number of hydrogen-bond acceptors (Lipinski definition) is 5. The molecular formula is C11H9BrFN3O2S. The van der Waals surface area contributed by atoms with Gasteiger partial charge < -0.3 is 10.1 Å². The number of benzene rings is 1. The molecule has 5 nitrogen and oxygen atoms in total. The van der Waals surface area contributed by atoms with E-state index in [1.807, 2.05) is 0 Å². The summed E-state index contributed by atoms with van der Waals surface area (Å²) >= 11 is 4.45. The highest BCUT2D eigenvalue weighted by Crippen LogP contribution is 2.25. The largest absolute Gasteiger partial charge is 0.493 e. The van der Waals surface area contributed by atoms with E-state index in [-0.39, 0.29) is 11.7 Å². The number of thioether (sulfide) groups is 1. The Morgan fingerprint density at radius 3 is 3.00 bits per heavy atom. The Morgan fingerprint density at radius 2 is 2.37 bits per heavy atom. The predicted molar refractivity (Wildman–Crippen MR) is 76.3 cm³/mol. The summed E-state index contributed by atoms with van der Waals surface area (Å²) in [7, 11) is 1.38. The number of carbonyl (C=O) groups is 1. The Labute approximate surface area is 121 Å². The van der Waals surface area contributed by atoms with E-state index in [2.05, 4.69) is 31.4 Å². The zero-order valence-electron chi connectivity index (χ0n) is 9.81. The van der Waals surface area contributed by atoms with Gasteiger partial charge in [0.2, 0.25) is 5.91 Å². The van der Waals surface area contributed by atoms with Crippen molar-refractivity contribution < 1.29 is 13.9 Å². The first-order valence-corrected chi connectivity index (χ1v) is 6.94. The van der Waals surface area contributed by atoms with Gasteiger partial charge in [0, 0.05) is 10.0 Å². The second-order valence-corrected chi connectivity index (χ2v) is 5.38. The Bertz CT molecular complexity index is 577. The van der Waals surface area contributed by atoms with Crippen molar-refractivity contribution in [1.82, 2.24) is 5.32 Å². The highest BCUT2D eigenvalue weighted by molar-refractivity contribution is 9.10. The number of carbonyl (C=O) groups excluding carboxylic acids is 1. The highest BCUT2D eigenvalue weighted by Gasteiger charge is 2.16. The molecule has 0 spiro atoms. The number of rotatable bonds is 3. The van der Waals surface area contributed by atoms with Gasteiger partial charge in [0.05, 0.1) is 19.1 Å². The lowest BCUT2D eigenvalue weighted by Crippen LogP contribution is -2.19. The van der Waals surface area contributed by atoms with E-state index in [1.54, 1.807) is 6.07 Å². The first-order valence-electron chi connectivity index (χ1n) is 5.17. The summed E-state index contributed by atoms with van der Waals surface area (Å²) in [6.45, 7) is 0. The van der Waals surface area contributed by atoms with Gasteiger partial charge in [-0.15, -0.1) is 5.10 Å². The zero-order valence-corrected chi connectivity index (χ0v) is 12.2. The van der Waals surface area contributed by atoms with Gasteiger partial charge in [-0.25, -0.2) is 4.39 Å². The molecule has 0 aromatic heterocycles. The summed E-state index contributed by atoms with van der Waals surface area (Å²) in [5.74, 6) is -0.168. The Hall–Kier alpha value is -1.41. The van der Waals surface area contributed by atoms with Crippen molar-refractivity contribution >= 4 is 45.0 Å². The molecule has 1 aliphatic rings. The number of halogens is 2. The predicted octanol–water partition coefficient (Wildman–Crippen LogP) is 2.15. The van der Waals surface area contributed by atoms with Gasteiger partial charge >= 0.3 is 0 Å². The van der Waals surface area contributed by atoms with Crippen molar-refractivity contribution in [2.75, 3.05) is 12.9 Å². The average Bonchev–Trinajstić information content (AvgIpc) is 2.74. The van der Waals surface area contributed by atoms with Crippen LogP contribution in [0, 0.1) is 5.82 Å². The number of hydrogen-bond donors (Lipinski definition) is 1. The SMILES string of the molecule is COc1c(F)cc(Br)cc1C=NN=C1NC(=O)CS1. The molecule has 8 heteroatoms. The van der Waals surface area contributed by atoms with E-state index >= 15 is 0 Å². The lowest BCUT2D eigenvalue weighted by atomic mass is 10.2. The molecule has 1 aliphatic heterocycles. The maximum absolute atomic E-state index is 13.6. The summed E-state index contributed by atoms with van der Waals surface area (Å²) < 4.78 is 19.1. The smallest absolute Gasteiger partial charge is 0.236 e. The summed E-state index contributed by atoms with van der Waals surface area (Å²) in [6, 6.07) is 2.96. The van der Waals surface area contributed by atoms with E-state index in [0.29, 0.717) is 21.0 Å². The van der Waals surface area contributed by atoms with Crippen LogP contribution in [0.25, 0.3) is 0 Å². The topological polar surface area (TPSA) is 63.1 Å². The van der Waals surface area contributed by atoms with Crippen LogP contribution in [0.5, 0.6) is 5.75 Å². The van der Waals surface area contributed by atoms with Crippen LogP contribution in [0.1, 0.15) is 5.56 Å². The maximum Gasteiger partial charge on any atom is 0.236 e. The molecule has 1 N–H and O–H groups in total. The second-order valence-electron chi connectivity index (χ2n) is 3.50. The molecule has 19 heavy (non-hydrogen) atoms. The second kappa shape index (κ2) is 6.16. The summed E-state index contributed by atoms with van der Waals surface area (Å²) in [5, 5.41) is 10.6. The monoisotopic (exact) mass is 345 g/mol. The third-order valence-electron chi connectivity index (χ3n) is 2.17. The third-order valence-corrected chi connectivity index (χ3v) is 3.49. The molecule has 1 heterocycles. The highest BCUT2D eigenvalue weighted by atomic mass is 79.9. The number of ether oxygens (including phenoxy) is 1. The average molecular weight is 346 g/mol. The van der Waals surface area contributed by atoms with E-state index in [9.17, 15) is 9.18 Å². The number of methoxy groups -OCH3 is 1. The molecule has 1 aromatic carbocycles. The van der Waals surface area contributed by atoms with Gasteiger partial charge in [0.25, 0.3) is 0 Å². The maximum atomic E-state index is 13.6. The molecular weight excluding hydrogens is 337 g/mol. The van der Waals surface area contributed by atoms with Crippen LogP contribution in [-0.4, -0.2) is 30.2 Å². The fraction of sp³-hybridized carbons (Fsp3) is 0.182. The minimum atomic E-state index is -0.491. The van der Waals surface area contributed by atoms with Crippen LogP contribution in [0.15, 0.2) is 26.8 Å². The van der Waals surface area contributed by atoms with Crippen molar-refractivity contribution in [3.63, 3.8) is 0 Å². The zero-order chi connectivity index (χ0) is 13.8. The molecule has 100 valence electrons. The quantitative estimate of drug-likeness (QED) is 0.674. The minimum absolute atomic E-state index is 0.0928. The fourth-order valence-electron chi connectivity index (χ4n) is 1.41. The van der Waals surface area contributed by atoms with Crippen molar-refractivity contribution in [2.45, 2.75) is 0 Å². The summed E-state index contributed by atoms with van der Waals surface area (Å²) in [6.07, 6.45) is 1.37. The third kappa shape index (κ3) is 3.54. The Morgan fingerprint density at radius 1 is 1.58 bits per heavy atom. The molecule has 0 atom stereocenters. The molecule has 0 aliphatic carbocycles. The Kier molecular flexibility index (Phi) is 4.54. The van der Waals surface area contributed by atoms with Gasteiger partial charge in [-0.05, 0) is 12.1 Å². The molecule has 0 radical (unpaired) electrons. The van der Waals surface area contributed by atoms with Crippen LogP contribution in [0.3, 0.4) is 0 Å². The first kappa shape index (κ1) is 14.0. The lowest BCUT2D eigenvalue weighted by molar-refractivity contribution is -0.116. The molecule has 0 unspecified atom stereocenters. The normalized spacial score (nSPS) is 17.2. The minimum Gasteiger partial charge on any atom is -0.493 e. The molecule has 1 aromatic rings. The fourth-order valence-corrected chi connectivity index (χ4v) is 2.49. The number of nitrogens with one attached hydrogen (secondary N) is 1. The van der Waals surface area contributed by atoms with E-state index in [1.165, 1.54) is 31.2 Å². The number of amidine groups is 1. The van der Waals surface area contributed by atoms with Crippen molar-refractivity contribution in [3.05, 3.63) is 28.0 Å². The van der Waals surface area contributed by atoms with Gasteiger partial charge in [-0.3, -0.25) is 4.79 Å². The van der Waals surface area contributed by atoms with Crippen molar-refractivity contribution in [3.8, 4) is 5.75 Å². The molecule has 0 bridgehead atoms. The standard InChI is InChI=1S/C11H9BrFN3O2S/c1-18-10-6(2-7(12)3-8(10)13)4-14-16-11-15-9(17)5-19-11/h2-4H,5H2,1H3,(H,15,16,17). The molecule has 0 saturated carbocycles. The van der Waals surface area contributed by atoms with Crippen LogP contribution in [0.2, 0.25) is 0 Å². The van der Waals surface area contributed by atoms with E-state index in [4.69, 9.17) is 4.74 Å². The molecule has 1 amide bonds. The Balaban J connectivity index is 2.21.